The summed E-state index contributed by atoms with van der Waals surface area (Å²) in [6.07, 6.45) is 4.53. The predicted molar refractivity (Wildman–Crippen MR) is 153 cm³/mol. The Hall–Kier alpha value is -3.22. The van der Waals surface area contributed by atoms with E-state index in [1.165, 1.54) is 25.6 Å². The summed E-state index contributed by atoms with van der Waals surface area (Å²) in [4.78, 5) is 27.8. The summed E-state index contributed by atoms with van der Waals surface area (Å²) in [5.41, 5.74) is 0.605. The van der Waals surface area contributed by atoms with Crippen molar-refractivity contribution < 1.29 is 32.2 Å². The van der Waals surface area contributed by atoms with Gasteiger partial charge in [-0.3, -0.25) is 4.79 Å². The number of benzene rings is 2. The van der Waals surface area contributed by atoms with E-state index in [-0.39, 0.29) is 59.8 Å². The highest BCUT2D eigenvalue weighted by atomic mass is 32.2. The second-order valence-electron chi connectivity index (χ2n) is 11.0. The number of sulfonamides is 1. The van der Waals surface area contributed by atoms with E-state index >= 15 is 0 Å². The third-order valence-corrected chi connectivity index (χ3v) is 9.66. The van der Waals surface area contributed by atoms with E-state index in [4.69, 9.17) is 4.74 Å². The Kier molecular flexibility index (Phi) is 9.88. The first kappa shape index (κ1) is 30.7. The molecule has 0 spiro atoms. The van der Waals surface area contributed by atoms with Crippen LogP contribution in [0.25, 0.3) is 0 Å². The van der Waals surface area contributed by atoms with E-state index in [1.54, 1.807) is 30.0 Å². The number of halogens is 1. The average Bonchev–Trinajstić information content (AvgIpc) is 2.95. The zero-order valence-corrected chi connectivity index (χ0v) is 24.5. The number of hydrogen-bond acceptors (Lipinski definition) is 6. The molecule has 2 aromatic carbocycles. The van der Waals surface area contributed by atoms with Gasteiger partial charge in [0.15, 0.2) is 0 Å². The summed E-state index contributed by atoms with van der Waals surface area (Å²) in [5, 5.41) is 15.7. The molecule has 3 N–H and O–H groups in total. The maximum atomic E-state index is 13.7. The summed E-state index contributed by atoms with van der Waals surface area (Å²) in [7, 11) is -2.52. The van der Waals surface area contributed by atoms with Gasteiger partial charge in [-0.05, 0) is 62.2 Å². The van der Waals surface area contributed by atoms with E-state index in [9.17, 15) is 27.5 Å². The van der Waals surface area contributed by atoms with Gasteiger partial charge in [-0.15, -0.1) is 0 Å². The van der Waals surface area contributed by atoms with Gasteiger partial charge < -0.3 is 25.4 Å². The van der Waals surface area contributed by atoms with Crippen molar-refractivity contribution in [2.45, 2.75) is 69.0 Å². The van der Waals surface area contributed by atoms with Gasteiger partial charge in [0.1, 0.15) is 17.7 Å². The van der Waals surface area contributed by atoms with Crippen molar-refractivity contribution in [1.29, 1.82) is 0 Å². The van der Waals surface area contributed by atoms with Gasteiger partial charge in [0.25, 0.3) is 5.91 Å². The van der Waals surface area contributed by atoms with Crippen LogP contribution in [0.3, 0.4) is 0 Å². The molecule has 0 aromatic heterocycles. The van der Waals surface area contributed by atoms with Crippen molar-refractivity contribution in [2.75, 3.05) is 32.1 Å². The van der Waals surface area contributed by atoms with Gasteiger partial charge >= 0.3 is 6.03 Å². The van der Waals surface area contributed by atoms with Crippen LogP contribution in [0.1, 0.15) is 56.3 Å². The minimum atomic E-state index is -3.94. The lowest BCUT2D eigenvalue weighted by molar-refractivity contribution is 0.0387. The van der Waals surface area contributed by atoms with E-state index in [0.717, 1.165) is 42.1 Å². The van der Waals surface area contributed by atoms with E-state index < -0.39 is 28.0 Å². The fourth-order valence-electron chi connectivity index (χ4n) is 5.26. The second-order valence-corrected chi connectivity index (χ2v) is 13.1. The molecule has 1 saturated carbocycles. The molecule has 0 radical (unpaired) electrons. The van der Waals surface area contributed by atoms with E-state index in [1.807, 2.05) is 6.92 Å². The molecule has 2 aromatic rings. The highest BCUT2D eigenvalue weighted by Gasteiger charge is 2.35. The van der Waals surface area contributed by atoms with Crippen LogP contribution in [0.2, 0.25) is 0 Å². The molecule has 41 heavy (non-hydrogen) atoms. The van der Waals surface area contributed by atoms with Gasteiger partial charge in [0.2, 0.25) is 10.0 Å². The molecule has 0 unspecified atom stereocenters. The fraction of sp³-hybridized carbons (Fsp3) is 0.517. The topological polar surface area (TPSA) is 128 Å². The van der Waals surface area contributed by atoms with Gasteiger partial charge in [-0.25, -0.2) is 17.6 Å². The van der Waals surface area contributed by atoms with Crippen LogP contribution in [0.4, 0.5) is 14.9 Å². The molecule has 0 saturated heterocycles. The summed E-state index contributed by atoms with van der Waals surface area (Å²) < 4.78 is 47.2. The molecule has 224 valence electrons. The molecule has 3 amide bonds. The first-order valence-corrected chi connectivity index (χ1v) is 15.5. The lowest BCUT2D eigenvalue weighted by atomic mass is 9.96. The summed E-state index contributed by atoms with van der Waals surface area (Å²) >= 11 is 0. The lowest BCUT2D eigenvalue weighted by Gasteiger charge is -2.38. The van der Waals surface area contributed by atoms with Gasteiger partial charge in [0.05, 0.1) is 29.7 Å². The molecule has 10 nitrogen and oxygen atoms in total. The Labute approximate surface area is 240 Å². The molecular formula is C29H39FN4O6S. The standard InChI is InChI=1S/C29H39FN4O6S/c1-19-16-34(20(2)18-35)28(36)25-15-23(32-29(37)31-22-7-5-4-6-8-22)11-14-26(25)40-27(19)17-33(3)41(38,39)24-12-9-21(30)10-13-24/h9-15,19-20,22,27,35H,4-8,16-18H2,1-3H3,(H2,31,32,37)/t19-,20+,27-/m0/s1. The number of amides is 3. The Morgan fingerprint density at radius 2 is 1.85 bits per heavy atom. The fourth-order valence-corrected chi connectivity index (χ4v) is 6.44. The van der Waals surface area contributed by atoms with Crippen LogP contribution >= 0.6 is 0 Å². The minimum Gasteiger partial charge on any atom is -0.488 e. The Balaban J connectivity index is 1.59. The number of urea groups is 1. The number of fused-ring (bicyclic) bond motifs is 1. The number of carbonyl (C=O) groups is 2. The summed E-state index contributed by atoms with van der Waals surface area (Å²) in [6, 6.07) is 8.62. The first-order chi connectivity index (χ1) is 19.5. The second kappa shape index (κ2) is 13.2. The van der Waals surface area contributed by atoms with Crippen molar-refractivity contribution in [2.24, 2.45) is 5.92 Å². The SMILES string of the molecule is C[C@H](CO)N1C[C@H](C)[C@H](CN(C)S(=O)(=O)c2ccc(F)cc2)Oc2ccc(NC(=O)NC3CCCCC3)cc2C1=O. The zero-order valence-electron chi connectivity index (χ0n) is 23.7. The van der Waals surface area contributed by atoms with Crippen molar-refractivity contribution in [3.8, 4) is 5.75 Å². The Morgan fingerprint density at radius 3 is 2.51 bits per heavy atom. The van der Waals surface area contributed by atoms with Crippen LogP contribution in [-0.4, -0.2) is 79.6 Å². The highest BCUT2D eigenvalue weighted by Crippen LogP contribution is 2.31. The largest absolute Gasteiger partial charge is 0.488 e. The molecule has 1 aliphatic carbocycles. The van der Waals surface area contributed by atoms with E-state index in [0.29, 0.717) is 5.69 Å². The average molecular weight is 591 g/mol. The molecular weight excluding hydrogens is 551 g/mol. The van der Waals surface area contributed by atoms with Gasteiger partial charge in [-0.2, -0.15) is 4.31 Å². The van der Waals surface area contributed by atoms with Crippen LogP contribution in [0, 0.1) is 11.7 Å². The first-order valence-electron chi connectivity index (χ1n) is 14.0. The van der Waals surface area contributed by atoms with Crippen molar-refractivity contribution in [3.05, 3.63) is 53.8 Å². The molecule has 3 atom stereocenters. The maximum Gasteiger partial charge on any atom is 0.319 e. The third kappa shape index (κ3) is 7.35. The number of ether oxygens (including phenoxy) is 1. The number of anilines is 1. The van der Waals surface area contributed by atoms with Gasteiger partial charge in [0, 0.05) is 31.2 Å². The van der Waals surface area contributed by atoms with Crippen molar-refractivity contribution in [1.82, 2.24) is 14.5 Å². The number of nitrogens with zero attached hydrogens (tertiary/aromatic N) is 2. The number of rotatable bonds is 8. The van der Waals surface area contributed by atoms with Gasteiger partial charge in [-0.1, -0.05) is 26.2 Å². The highest BCUT2D eigenvalue weighted by molar-refractivity contribution is 7.89. The quantitative estimate of drug-likeness (QED) is 0.429. The van der Waals surface area contributed by atoms with Crippen molar-refractivity contribution in [3.63, 3.8) is 0 Å². The van der Waals surface area contributed by atoms with Crippen LogP contribution in [-0.2, 0) is 10.0 Å². The van der Waals surface area contributed by atoms with Crippen LogP contribution in [0.15, 0.2) is 47.4 Å². The number of aliphatic hydroxyl groups is 1. The molecule has 12 heteroatoms. The summed E-state index contributed by atoms with van der Waals surface area (Å²) in [6.45, 7) is 3.48. The van der Waals surface area contributed by atoms with Crippen LogP contribution < -0.4 is 15.4 Å². The minimum absolute atomic E-state index is 0.0420. The zero-order chi connectivity index (χ0) is 29.7. The summed E-state index contributed by atoms with van der Waals surface area (Å²) in [5.74, 6) is -0.975. The number of aliphatic hydroxyl groups excluding tert-OH is 1. The molecule has 1 fully saturated rings. The molecule has 2 aliphatic rings. The van der Waals surface area contributed by atoms with Crippen LogP contribution in [0.5, 0.6) is 5.75 Å². The number of likely N-dealkylation sites (N-methyl/N-ethyl adjacent to an activating group) is 1. The smallest absolute Gasteiger partial charge is 0.319 e. The number of carbonyl (C=O) groups excluding carboxylic acids is 2. The molecule has 4 rings (SSSR count). The molecule has 1 aliphatic heterocycles. The number of nitrogens with one attached hydrogen (secondary N) is 2. The molecule has 0 bridgehead atoms. The normalized spacial score (nSPS) is 20.9. The Bertz CT molecular complexity index is 1330. The Morgan fingerprint density at radius 1 is 1.17 bits per heavy atom. The predicted octanol–water partition coefficient (Wildman–Crippen LogP) is 3.82. The van der Waals surface area contributed by atoms with Crippen molar-refractivity contribution >= 4 is 27.6 Å². The van der Waals surface area contributed by atoms with E-state index in [2.05, 4.69) is 10.6 Å². The number of hydrogen-bond donors (Lipinski definition) is 3. The third-order valence-electron chi connectivity index (χ3n) is 7.82. The lowest BCUT2D eigenvalue weighted by Crippen LogP contribution is -2.50. The molecule has 1 heterocycles. The maximum absolute atomic E-state index is 13.7. The monoisotopic (exact) mass is 590 g/mol.